The Morgan fingerprint density at radius 2 is 1.95 bits per heavy atom. The topological polar surface area (TPSA) is 57.6 Å². The third-order valence-corrected chi connectivity index (χ3v) is 6.07. The van der Waals surface area contributed by atoms with Gasteiger partial charge in [-0.05, 0) is 43.4 Å². The predicted octanol–water partition coefficient (Wildman–Crippen LogP) is 2.56. The summed E-state index contributed by atoms with van der Waals surface area (Å²) in [5.41, 5.74) is 1.17. The van der Waals surface area contributed by atoms with E-state index in [1.165, 1.54) is 5.56 Å². The van der Waals surface area contributed by atoms with Gasteiger partial charge in [0.2, 0.25) is 10.0 Å². The molecule has 1 aliphatic rings. The van der Waals surface area contributed by atoms with Gasteiger partial charge >= 0.3 is 0 Å². The van der Waals surface area contributed by atoms with Gasteiger partial charge in [-0.2, -0.15) is 4.31 Å². The first-order valence-electron chi connectivity index (χ1n) is 7.81. The summed E-state index contributed by atoms with van der Waals surface area (Å²) in [5, 5.41) is 9.15. The van der Waals surface area contributed by atoms with E-state index in [4.69, 9.17) is 5.11 Å². The third kappa shape index (κ3) is 3.84. The van der Waals surface area contributed by atoms with Crippen molar-refractivity contribution in [1.29, 1.82) is 0 Å². The standard InChI is InChI=1S/C16H25NO3S/c1-2-5-14-7-9-16(10-8-14)21(19,20)17-12-4-3-6-15(17)11-13-18/h7-10,15,18H,2-6,11-13H2,1H3. The number of sulfonamides is 1. The molecular weight excluding hydrogens is 286 g/mol. The van der Waals surface area contributed by atoms with E-state index >= 15 is 0 Å². The number of rotatable bonds is 6. The molecule has 0 spiro atoms. The van der Waals surface area contributed by atoms with Crippen molar-refractivity contribution in [2.45, 2.75) is 56.4 Å². The molecule has 0 bridgehead atoms. The lowest BCUT2D eigenvalue weighted by Gasteiger charge is -2.34. The Bertz CT molecular complexity index is 537. The molecule has 0 aliphatic carbocycles. The zero-order chi connectivity index (χ0) is 15.3. The summed E-state index contributed by atoms with van der Waals surface area (Å²) >= 11 is 0. The fourth-order valence-corrected chi connectivity index (χ4v) is 4.70. The zero-order valence-corrected chi connectivity index (χ0v) is 13.5. The van der Waals surface area contributed by atoms with Gasteiger partial charge in [0.15, 0.2) is 0 Å². The molecule has 1 aromatic rings. The highest BCUT2D eigenvalue weighted by atomic mass is 32.2. The van der Waals surface area contributed by atoms with Gasteiger partial charge in [-0.25, -0.2) is 8.42 Å². The molecule has 1 atom stereocenters. The number of benzene rings is 1. The van der Waals surface area contributed by atoms with Gasteiger partial charge in [0, 0.05) is 19.2 Å². The first-order chi connectivity index (χ1) is 10.1. The van der Waals surface area contributed by atoms with E-state index in [1.54, 1.807) is 16.4 Å². The zero-order valence-electron chi connectivity index (χ0n) is 12.7. The average Bonchev–Trinajstić information content (AvgIpc) is 2.49. The third-order valence-electron chi connectivity index (χ3n) is 4.10. The van der Waals surface area contributed by atoms with Gasteiger partial charge in [0.25, 0.3) is 0 Å². The quantitative estimate of drug-likeness (QED) is 0.878. The van der Waals surface area contributed by atoms with E-state index in [2.05, 4.69) is 6.92 Å². The molecule has 0 aromatic heterocycles. The normalized spacial score (nSPS) is 20.6. The smallest absolute Gasteiger partial charge is 0.243 e. The molecule has 0 saturated carbocycles. The molecule has 5 heteroatoms. The molecule has 1 unspecified atom stereocenters. The van der Waals surface area contributed by atoms with Crippen molar-refractivity contribution in [2.75, 3.05) is 13.2 Å². The van der Waals surface area contributed by atoms with Crippen LogP contribution in [0.1, 0.15) is 44.6 Å². The van der Waals surface area contributed by atoms with Crippen molar-refractivity contribution in [3.63, 3.8) is 0 Å². The van der Waals surface area contributed by atoms with E-state index in [-0.39, 0.29) is 12.6 Å². The molecule has 1 aromatic carbocycles. The number of hydrogen-bond acceptors (Lipinski definition) is 3. The Kier molecular flexibility index (Phi) is 5.79. The molecule has 2 rings (SSSR count). The minimum atomic E-state index is -3.44. The highest BCUT2D eigenvalue weighted by Crippen LogP contribution is 2.27. The first kappa shape index (κ1) is 16.5. The molecule has 1 heterocycles. The first-order valence-corrected chi connectivity index (χ1v) is 9.25. The maximum atomic E-state index is 12.8. The summed E-state index contributed by atoms with van der Waals surface area (Å²) < 4.78 is 27.2. The van der Waals surface area contributed by atoms with Crippen LogP contribution in [0.3, 0.4) is 0 Å². The number of aliphatic hydroxyl groups is 1. The van der Waals surface area contributed by atoms with E-state index in [0.717, 1.165) is 32.1 Å². The second-order valence-corrected chi connectivity index (χ2v) is 7.56. The number of nitrogens with zero attached hydrogens (tertiary/aromatic N) is 1. The van der Waals surface area contributed by atoms with E-state index in [9.17, 15) is 8.42 Å². The van der Waals surface area contributed by atoms with Crippen molar-refractivity contribution in [3.05, 3.63) is 29.8 Å². The Balaban J connectivity index is 2.22. The fourth-order valence-electron chi connectivity index (χ4n) is 2.98. The summed E-state index contributed by atoms with van der Waals surface area (Å²) in [7, 11) is -3.44. The molecule has 1 fully saturated rings. The van der Waals surface area contributed by atoms with Crippen LogP contribution in [-0.4, -0.2) is 37.0 Å². The van der Waals surface area contributed by atoms with Crippen molar-refractivity contribution in [1.82, 2.24) is 4.31 Å². The second-order valence-electron chi connectivity index (χ2n) is 5.67. The number of hydrogen-bond donors (Lipinski definition) is 1. The summed E-state index contributed by atoms with van der Waals surface area (Å²) in [6, 6.07) is 7.17. The van der Waals surface area contributed by atoms with Crippen LogP contribution in [-0.2, 0) is 16.4 Å². The van der Waals surface area contributed by atoms with Crippen LogP contribution in [0.25, 0.3) is 0 Å². The van der Waals surface area contributed by atoms with Crippen LogP contribution >= 0.6 is 0 Å². The number of piperidine rings is 1. The lowest BCUT2D eigenvalue weighted by molar-refractivity contribution is 0.192. The Morgan fingerprint density at radius 3 is 2.57 bits per heavy atom. The lowest BCUT2D eigenvalue weighted by Crippen LogP contribution is -2.44. The van der Waals surface area contributed by atoms with E-state index < -0.39 is 10.0 Å². The lowest BCUT2D eigenvalue weighted by atomic mass is 10.0. The monoisotopic (exact) mass is 311 g/mol. The van der Waals surface area contributed by atoms with Crippen LogP contribution in [0.5, 0.6) is 0 Å². The van der Waals surface area contributed by atoms with Crippen molar-refractivity contribution in [3.8, 4) is 0 Å². The Hall–Kier alpha value is -0.910. The SMILES string of the molecule is CCCc1ccc(S(=O)(=O)N2CCCCC2CCO)cc1. The maximum absolute atomic E-state index is 12.8. The van der Waals surface area contributed by atoms with Crippen LogP contribution in [0.15, 0.2) is 29.2 Å². The van der Waals surface area contributed by atoms with Crippen molar-refractivity contribution < 1.29 is 13.5 Å². The highest BCUT2D eigenvalue weighted by Gasteiger charge is 2.32. The van der Waals surface area contributed by atoms with Crippen LogP contribution in [0, 0.1) is 0 Å². The summed E-state index contributed by atoms with van der Waals surface area (Å²) in [6.45, 7) is 2.70. The van der Waals surface area contributed by atoms with Gasteiger partial charge in [0.05, 0.1) is 4.90 Å². The van der Waals surface area contributed by atoms with Crippen molar-refractivity contribution in [2.24, 2.45) is 0 Å². The van der Waals surface area contributed by atoms with Gasteiger partial charge in [-0.3, -0.25) is 0 Å². The Morgan fingerprint density at radius 1 is 1.24 bits per heavy atom. The van der Waals surface area contributed by atoms with Gasteiger partial charge in [0.1, 0.15) is 0 Å². The van der Waals surface area contributed by atoms with Gasteiger partial charge in [-0.15, -0.1) is 0 Å². The molecular formula is C16H25NO3S. The molecule has 1 aliphatic heterocycles. The average molecular weight is 311 g/mol. The predicted molar refractivity (Wildman–Crippen MR) is 83.7 cm³/mol. The minimum absolute atomic E-state index is 0.0339. The summed E-state index contributed by atoms with van der Waals surface area (Å²) in [5.74, 6) is 0. The number of aliphatic hydroxyl groups excluding tert-OH is 1. The van der Waals surface area contributed by atoms with Crippen LogP contribution in [0.4, 0.5) is 0 Å². The Labute approximate surface area is 127 Å². The maximum Gasteiger partial charge on any atom is 0.243 e. The highest BCUT2D eigenvalue weighted by molar-refractivity contribution is 7.89. The molecule has 4 nitrogen and oxygen atoms in total. The van der Waals surface area contributed by atoms with E-state index in [1.807, 2.05) is 12.1 Å². The molecule has 0 amide bonds. The molecule has 1 saturated heterocycles. The van der Waals surface area contributed by atoms with Crippen LogP contribution < -0.4 is 0 Å². The summed E-state index contributed by atoms with van der Waals surface area (Å²) in [4.78, 5) is 0.368. The minimum Gasteiger partial charge on any atom is -0.396 e. The largest absolute Gasteiger partial charge is 0.396 e. The second kappa shape index (κ2) is 7.38. The number of aryl methyl sites for hydroxylation is 1. The van der Waals surface area contributed by atoms with Gasteiger partial charge < -0.3 is 5.11 Å². The van der Waals surface area contributed by atoms with Crippen LogP contribution in [0.2, 0.25) is 0 Å². The fraction of sp³-hybridized carbons (Fsp3) is 0.625. The van der Waals surface area contributed by atoms with E-state index in [0.29, 0.717) is 17.9 Å². The van der Waals surface area contributed by atoms with Crippen molar-refractivity contribution >= 4 is 10.0 Å². The molecule has 118 valence electrons. The van der Waals surface area contributed by atoms with Gasteiger partial charge in [-0.1, -0.05) is 31.9 Å². The summed E-state index contributed by atoms with van der Waals surface area (Å²) in [6.07, 6.45) is 5.32. The molecule has 1 N–H and O–H groups in total. The molecule has 0 radical (unpaired) electrons. The molecule has 21 heavy (non-hydrogen) atoms.